The third-order valence-electron chi connectivity index (χ3n) is 3.42. The average Bonchev–Trinajstić information content (AvgIpc) is 2.38. The van der Waals surface area contributed by atoms with E-state index in [1.807, 2.05) is 0 Å². The molecule has 0 aliphatic rings. The van der Waals surface area contributed by atoms with Gasteiger partial charge in [0.15, 0.2) is 0 Å². The summed E-state index contributed by atoms with van der Waals surface area (Å²) < 4.78 is 5.42. The summed E-state index contributed by atoms with van der Waals surface area (Å²) in [5, 5.41) is 3.53. The Morgan fingerprint density at radius 1 is 1.28 bits per heavy atom. The van der Waals surface area contributed by atoms with Crippen molar-refractivity contribution in [3.05, 3.63) is 29.3 Å². The minimum absolute atomic E-state index is 0.658. The smallest absolute Gasteiger partial charge is 0.122 e. The summed E-state index contributed by atoms with van der Waals surface area (Å²) in [6.07, 6.45) is 4.76. The van der Waals surface area contributed by atoms with Crippen LogP contribution in [0.3, 0.4) is 0 Å². The summed E-state index contributed by atoms with van der Waals surface area (Å²) in [4.78, 5) is 0. The van der Waals surface area contributed by atoms with E-state index in [0.29, 0.717) is 6.04 Å². The van der Waals surface area contributed by atoms with Crippen molar-refractivity contribution in [2.45, 2.75) is 52.5 Å². The van der Waals surface area contributed by atoms with Crippen molar-refractivity contribution in [2.75, 3.05) is 13.7 Å². The van der Waals surface area contributed by atoms with Gasteiger partial charge in [-0.15, -0.1) is 0 Å². The molecule has 18 heavy (non-hydrogen) atoms. The van der Waals surface area contributed by atoms with Crippen molar-refractivity contribution in [3.63, 3.8) is 0 Å². The SMILES string of the molecule is CCNC(CC)CCCc1cc(C)ccc1OC. The van der Waals surface area contributed by atoms with Crippen molar-refractivity contribution in [1.29, 1.82) is 0 Å². The average molecular weight is 249 g/mol. The maximum Gasteiger partial charge on any atom is 0.122 e. The van der Waals surface area contributed by atoms with E-state index in [-0.39, 0.29) is 0 Å². The lowest BCUT2D eigenvalue weighted by Crippen LogP contribution is -2.28. The molecule has 1 aromatic rings. The Hall–Kier alpha value is -1.02. The number of hydrogen-bond acceptors (Lipinski definition) is 2. The zero-order chi connectivity index (χ0) is 13.4. The number of nitrogens with one attached hydrogen (secondary N) is 1. The van der Waals surface area contributed by atoms with Gasteiger partial charge in [0.25, 0.3) is 0 Å². The second-order valence-corrected chi connectivity index (χ2v) is 4.87. The number of methoxy groups -OCH3 is 1. The molecular weight excluding hydrogens is 222 g/mol. The first kappa shape index (κ1) is 15.0. The van der Waals surface area contributed by atoms with Crippen LogP contribution < -0.4 is 10.1 Å². The van der Waals surface area contributed by atoms with Crippen LogP contribution in [0.1, 0.15) is 44.2 Å². The maximum atomic E-state index is 5.42. The van der Waals surface area contributed by atoms with E-state index >= 15 is 0 Å². The number of rotatable bonds is 8. The Bertz CT molecular complexity index is 349. The maximum absolute atomic E-state index is 5.42. The number of aryl methyl sites for hydroxylation is 2. The van der Waals surface area contributed by atoms with Crippen molar-refractivity contribution in [3.8, 4) is 5.75 Å². The molecule has 0 heterocycles. The molecule has 0 bridgehead atoms. The minimum atomic E-state index is 0.658. The Morgan fingerprint density at radius 3 is 2.67 bits per heavy atom. The molecule has 0 saturated carbocycles. The van der Waals surface area contributed by atoms with Gasteiger partial charge in [0, 0.05) is 6.04 Å². The van der Waals surface area contributed by atoms with Crippen LogP contribution in [-0.4, -0.2) is 19.7 Å². The molecule has 2 nitrogen and oxygen atoms in total. The second kappa shape index (κ2) is 8.15. The molecule has 0 aromatic heterocycles. The standard InChI is InChI=1S/C16H27NO/c1-5-15(17-6-2)9-7-8-14-12-13(3)10-11-16(14)18-4/h10-12,15,17H,5-9H2,1-4H3. The first-order valence-electron chi connectivity index (χ1n) is 7.08. The van der Waals surface area contributed by atoms with Gasteiger partial charge in [-0.1, -0.05) is 31.5 Å². The van der Waals surface area contributed by atoms with Gasteiger partial charge in [-0.3, -0.25) is 0 Å². The molecule has 0 spiro atoms. The first-order valence-corrected chi connectivity index (χ1v) is 7.08. The molecule has 2 heteroatoms. The molecule has 1 aromatic carbocycles. The fourth-order valence-corrected chi connectivity index (χ4v) is 2.38. The normalized spacial score (nSPS) is 12.4. The van der Waals surface area contributed by atoms with Crippen LogP contribution in [0.5, 0.6) is 5.75 Å². The molecule has 0 saturated heterocycles. The molecule has 102 valence electrons. The van der Waals surface area contributed by atoms with Crippen molar-refractivity contribution in [2.24, 2.45) is 0 Å². The van der Waals surface area contributed by atoms with E-state index in [1.54, 1.807) is 7.11 Å². The highest BCUT2D eigenvalue weighted by Crippen LogP contribution is 2.22. The van der Waals surface area contributed by atoms with Crippen LogP contribution in [0.15, 0.2) is 18.2 Å². The van der Waals surface area contributed by atoms with E-state index in [0.717, 1.165) is 18.7 Å². The van der Waals surface area contributed by atoms with Gasteiger partial charge >= 0.3 is 0 Å². The largest absolute Gasteiger partial charge is 0.496 e. The Kier molecular flexibility index (Phi) is 6.81. The van der Waals surface area contributed by atoms with E-state index in [9.17, 15) is 0 Å². The zero-order valence-electron chi connectivity index (χ0n) is 12.3. The topological polar surface area (TPSA) is 21.3 Å². The summed E-state index contributed by atoms with van der Waals surface area (Å²) in [5.41, 5.74) is 2.65. The lowest BCUT2D eigenvalue weighted by atomic mass is 10.0. The fourth-order valence-electron chi connectivity index (χ4n) is 2.38. The third-order valence-corrected chi connectivity index (χ3v) is 3.42. The van der Waals surface area contributed by atoms with Gasteiger partial charge in [-0.05, 0) is 50.8 Å². The van der Waals surface area contributed by atoms with Crippen molar-refractivity contribution >= 4 is 0 Å². The van der Waals surface area contributed by atoms with Crippen LogP contribution in [0.25, 0.3) is 0 Å². The van der Waals surface area contributed by atoms with Gasteiger partial charge in [-0.25, -0.2) is 0 Å². The summed E-state index contributed by atoms with van der Waals surface area (Å²) in [6.45, 7) is 7.62. The van der Waals surface area contributed by atoms with Gasteiger partial charge < -0.3 is 10.1 Å². The van der Waals surface area contributed by atoms with Gasteiger partial charge in [0.05, 0.1) is 7.11 Å². The molecule has 0 fully saturated rings. The molecule has 1 rings (SSSR count). The van der Waals surface area contributed by atoms with Gasteiger partial charge in [0.1, 0.15) is 5.75 Å². The highest BCUT2D eigenvalue weighted by Gasteiger charge is 2.06. The van der Waals surface area contributed by atoms with E-state index in [4.69, 9.17) is 4.74 Å². The minimum Gasteiger partial charge on any atom is -0.496 e. The van der Waals surface area contributed by atoms with E-state index in [1.165, 1.54) is 30.4 Å². The molecular formula is C16H27NO. The number of ether oxygens (including phenoxy) is 1. The van der Waals surface area contributed by atoms with E-state index < -0.39 is 0 Å². The molecule has 1 N–H and O–H groups in total. The number of benzene rings is 1. The van der Waals surface area contributed by atoms with Crippen LogP contribution >= 0.6 is 0 Å². The first-order chi connectivity index (χ1) is 8.71. The fraction of sp³-hybridized carbons (Fsp3) is 0.625. The van der Waals surface area contributed by atoms with Crippen molar-refractivity contribution < 1.29 is 4.74 Å². The van der Waals surface area contributed by atoms with Crippen LogP contribution in [0.2, 0.25) is 0 Å². The predicted octanol–water partition coefficient (Wildman–Crippen LogP) is 3.71. The lowest BCUT2D eigenvalue weighted by Gasteiger charge is -2.16. The third kappa shape index (κ3) is 4.69. The molecule has 0 aliphatic heterocycles. The Morgan fingerprint density at radius 2 is 2.06 bits per heavy atom. The molecule has 0 aliphatic carbocycles. The molecule has 0 radical (unpaired) electrons. The quantitative estimate of drug-likeness (QED) is 0.758. The number of hydrogen-bond donors (Lipinski definition) is 1. The summed E-state index contributed by atoms with van der Waals surface area (Å²) in [6, 6.07) is 7.08. The summed E-state index contributed by atoms with van der Waals surface area (Å²) in [5.74, 6) is 1.03. The van der Waals surface area contributed by atoms with E-state index in [2.05, 4.69) is 44.3 Å². The zero-order valence-corrected chi connectivity index (χ0v) is 12.3. The monoisotopic (exact) mass is 249 g/mol. The predicted molar refractivity (Wildman–Crippen MR) is 78.4 cm³/mol. The second-order valence-electron chi connectivity index (χ2n) is 4.87. The van der Waals surface area contributed by atoms with Crippen LogP contribution in [-0.2, 0) is 6.42 Å². The van der Waals surface area contributed by atoms with Crippen LogP contribution in [0.4, 0.5) is 0 Å². The summed E-state index contributed by atoms with van der Waals surface area (Å²) in [7, 11) is 1.75. The Balaban J connectivity index is 2.49. The molecule has 0 amide bonds. The molecule has 1 unspecified atom stereocenters. The highest BCUT2D eigenvalue weighted by atomic mass is 16.5. The Labute approximate surface area is 112 Å². The van der Waals surface area contributed by atoms with Crippen molar-refractivity contribution in [1.82, 2.24) is 5.32 Å². The highest BCUT2D eigenvalue weighted by molar-refractivity contribution is 5.36. The summed E-state index contributed by atoms with van der Waals surface area (Å²) >= 11 is 0. The lowest BCUT2D eigenvalue weighted by molar-refractivity contribution is 0.406. The van der Waals surface area contributed by atoms with Gasteiger partial charge in [-0.2, -0.15) is 0 Å². The van der Waals surface area contributed by atoms with Gasteiger partial charge in [0.2, 0.25) is 0 Å². The molecule has 1 atom stereocenters. The van der Waals surface area contributed by atoms with Crippen LogP contribution in [0, 0.1) is 6.92 Å².